The number of hydrogen-bond acceptors (Lipinski definition) is 4. The maximum atomic E-state index is 12.0. The van der Waals surface area contributed by atoms with Crippen molar-refractivity contribution < 1.29 is 9.53 Å². The zero-order valence-electron chi connectivity index (χ0n) is 13.8. The van der Waals surface area contributed by atoms with Crippen LogP contribution in [0.2, 0.25) is 0 Å². The molecule has 2 heterocycles. The van der Waals surface area contributed by atoms with Crippen molar-refractivity contribution in [1.29, 1.82) is 0 Å². The topological polar surface area (TPSA) is 57.0 Å². The van der Waals surface area contributed by atoms with Crippen molar-refractivity contribution in [2.75, 3.05) is 7.11 Å². The van der Waals surface area contributed by atoms with Crippen LogP contribution in [0, 0.1) is 6.92 Å². The molecule has 0 radical (unpaired) electrons. The average molecular weight is 319 g/mol. The first-order chi connectivity index (χ1) is 11.6. The number of benzene rings is 1. The Bertz CT molecular complexity index is 1010. The average Bonchev–Trinajstić information content (AvgIpc) is 3.13. The van der Waals surface area contributed by atoms with Gasteiger partial charge in [-0.1, -0.05) is 11.6 Å². The van der Waals surface area contributed by atoms with Crippen LogP contribution in [0.5, 0.6) is 0 Å². The van der Waals surface area contributed by atoms with E-state index in [4.69, 9.17) is 4.74 Å². The fourth-order valence-corrected chi connectivity index (χ4v) is 3.37. The van der Waals surface area contributed by atoms with Crippen LogP contribution < -0.4 is 0 Å². The first-order valence-electron chi connectivity index (χ1n) is 7.79. The summed E-state index contributed by atoms with van der Waals surface area (Å²) < 4.78 is 6.79. The molecule has 1 aliphatic rings. The van der Waals surface area contributed by atoms with E-state index in [1.807, 2.05) is 23.9 Å². The smallest absolute Gasteiger partial charge is 0.338 e. The zero-order chi connectivity index (χ0) is 16.8. The fourth-order valence-electron chi connectivity index (χ4n) is 3.37. The minimum Gasteiger partial charge on any atom is -0.465 e. The first-order valence-corrected chi connectivity index (χ1v) is 7.79. The number of rotatable bonds is 2. The van der Waals surface area contributed by atoms with Crippen molar-refractivity contribution in [1.82, 2.24) is 14.8 Å². The molecule has 0 aliphatic heterocycles. The number of aryl methyl sites for hydroxylation is 2. The SMILES string of the molecule is COC(=O)c1ccnc2c1CC(c1c3cc(C)ccc3nn1C)=C2. The highest BCUT2D eigenvalue weighted by atomic mass is 16.5. The predicted octanol–water partition coefficient (Wildman–Crippen LogP) is 3.16. The molecular formula is C19H17N3O2. The van der Waals surface area contributed by atoms with Crippen molar-refractivity contribution in [3.05, 3.63) is 58.5 Å². The van der Waals surface area contributed by atoms with E-state index in [-0.39, 0.29) is 5.97 Å². The maximum Gasteiger partial charge on any atom is 0.338 e. The molecule has 1 aliphatic carbocycles. The van der Waals surface area contributed by atoms with Crippen molar-refractivity contribution >= 4 is 28.5 Å². The van der Waals surface area contributed by atoms with Gasteiger partial charge in [-0.15, -0.1) is 0 Å². The number of hydrogen-bond donors (Lipinski definition) is 0. The van der Waals surface area contributed by atoms with Crippen LogP contribution in [-0.4, -0.2) is 27.8 Å². The van der Waals surface area contributed by atoms with Crippen LogP contribution >= 0.6 is 0 Å². The molecule has 5 heteroatoms. The van der Waals surface area contributed by atoms with Gasteiger partial charge in [0.1, 0.15) is 0 Å². The van der Waals surface area contributed by atoms with Gasteiger partial charge in [-0.3, -0.25) is 9.67 Å². The van der Waals surface area contributed by atoms with Gasteiger partial charge in [0.25, 0.3) is 0 Å². The van der Waals surface area contributed by atoms with Gasteiger partial charge >= 0.3 is 5.97 Å². The van der Waals surface area contributed by atoms with E-state index in [1.165, 1.54) is 12.7 Å². The van der Waals surface area contributed by atoms with Crippen molar-refractivity contribution in [3.63, 3.8) is 0 Å². The van der Waals surface area contributed by atoms with Crippen molar-refractivity contribution in [2.24, 2.45) is 7.05 Å². The van der Waals surface area contributed by atoms with Gasteiger partial charge in [0, 0.05) is 25.1 Å². The summed E-state index contributed by atoms with van der Waals surface area (Å²) in [7, 11) is 3.35. The number of pyridine rings is 1. The Morgan fingerprint density at radius 1 is 1.29 bits per heavy atom. The van der Waals surface area contributed by atoms with E-state index >= 15 is 0 Å². The van der Waals surface area contributed by atoms with Gasteiger partial charge in [-0.2, -0.15) is 5.10 Å². The van der Waals surface area contributed by atoms with Gasteiger partial charge in [0.2, 0.25) is 0 Å². The third-order valence-electron chi connectivity index (χ3n) is 4.47. The summed E-state index contributed by atoms with van der Waals surface area (Å²) in [6.45, 7) is 2.07. The molecule has 0 spiro atoms. The number of nitrogens with zero attached hydrogens (tertiary/aromatic N) is 3. The third kappa shape index (κ3) is 2.12. The highest BCUT2D eigenvalue weighted by molar-refractivity contribution is 6.01. The summed E-state index contributed by atoms with van der Waals surface area (Å²) in [5, 5.41) is 5.72. The molecule has 5 nitrogen and oxygen atoms in total. The molecule has 0 saturated heterocycles. The minimum atomic E-state index is -0.325. The van der Waals surface area contributed by atoms with E-state index in [1.54, 1.807) is 12.3 Å². The molecular weight excluding hydrogens is 302 g/mol. The number of ether oxygens (including phenoxy) is 1. The maximum absolute atomic E-state index is 12.0. The van der Waals surface area contributed by atoms with Gasteiger partial charge in [0.15, 0.2) is 0 Å². The number of allylic oxidation sites excluding steroid dienone is 1. The summed E-state index contributed by atoms with van der Waals surface area (Å²) in [5.41, 5.74) is 6.68. The third-order valence-corrected chi connectivity index (χ3v) is 4.47. The second-order valence-corrected chi connectivity index (χ2v) is 6.05. The van der Waals surface area contributed by atoms with E-state index in [2.05, 4.69) is 29.1 Å². The Morgan fingerprint density at radius 3 is 2.92 bits per heavy atom. The van der Waals surface area contributed by atoms with Crippen LogP contribution in [0.3, 0.4) is 0 Å². The number of carbonyl (C=O) groups excluding carboxylic acids is 1. The number of esters is 1. The van der Waals surface area contributed by atoms with Crippen LogP contribution in [0.15, 0.2) is 30.5 Å². The Labute approximate surface area is 139 Å². The molecule has 0 saturated carbocycles. The van der Waals surface area contributed by atoms with Crippen LogP contribution in [0.1, 0.15) is 32.9 Å². The van der Waals surface area contributed by atoms with E-state index < -0.39 is 0 Å². The largest absolute Gasteiger partial charge is 0.465 e. The van der Waals surface area contributed by atoms with Crippen molar-refractivity contribution in [3.8, 4) is 0 Å². The number of fused-ring (bicyclic) bond motifs is 2. The van der Waals surface area contributed by atoms with Gasteiger partial charge in [-0.25, -0.2) is 4.79 Å². The lowest BCUT2D eigenvalue weighted by Gasteiger charge is -2.07. The number of carbonyl (C=O) groups is 1. The molecule has 0 N–H and O–H groups in total. The van der Waals surface area contributed by atoms with Crippen LogP contribution in [-0.2, 0) is 18.2 Å². The molecule has 0 fully saturated rings. The monoisotopic (exact) mass is 319 g/mol. The summed E-state index contributed by atoms with van der Waals surface area (Å²) in [5.74, 6) is -0.325. The Morgan fingerprint density at radius 2 is 2.12 bits per heavy atom. The lowest BCUT2D eigenvalue weighted by molar-refractivity contribution is 0.0599. The molecule has 0 atom stereocenters. The van der Waals surface area contributed by atoms with Gasteiger partial charge in [0.05, 0.1) is 29.6 Å². The molecule has 24 heavy (non-hydrogen) atoms. The van der Waals surface area contributed by atoms with Crippen molar-refractivity contribution in [2.45, 2.75) is 13.3 Å². The molecule has 4 rings (SSSR count). The molecule has 1 aromatic carbocycles. The Balaban J connectivity index is 1.85. The second-order valence-electron chi connectivity index (χ2n) is 6.05. The summed E-state index contributed by atoms with van der Waals surface area (Å²) in [6.07, 6.45) is 4.34. The summed E-state index contributed by atoms with van der Waals surface area (Å²) in [6, 6.07) is 7.96. The lowest BCUT2D eigenvalue weighted by atomic mass is 10.0. The Kier molecular flexibility index (Phi) is 3.23. The number of aromatic nitrogens is 3. The summed E-state index contributed by atoms with van der Waals surface area (Å²) in [4.78, 5) is 16.4. The Hall–Kier alpha value is -2.95. The normalized spacial score (nSPS) is 13.0. The standard InChI is InChI=1S/C19H17N3O2/c1-11-4-5-16-15(8-11)18(22(2)21-16)12-9-14-13(19(23)24-3)6-7-20-17(14)10-12/h4-8,10H,9H2,1-3H3. The van der Waals surface area contributed by atoms with E-state index in [0.717, 1.165) is 33.4 Å². The van der Waals surface area contributed by atoms with E-state index in [9.17, 15) is 4.79 Å². The quantitative estimate of drug-likeness (QED) is 0.681. The highest BCUT2D eigenvalue weighted by Crippen LogP contribution is 2.35. The predicted molar refractivity (Wildman–Crippen MR) is 92.6 cm³/mol. The molecule has 3 aromatic rings. The molecule has 0 amide bonds. The zero-order valence-corrected chi connectivity index (χ0v) is 13.8. The first kappa shape index (κ1) is 14.6. The second kappa shape index (κ2) is 5.30. The summed E-state index contributed by atoms with van der Waals surface area (Å²) >= 11 is 0. The molecule has 2 aromatic heterocycles. The lowest BCUT2D eigenvalue weighted by Crippen LogP contribution is -2.07. The van der Waals surface area contributed by atoms with Gasteiger partial charge in [-0.05, 0) is 42.3 Å². The highest BCUT2D eigenvalue weighted by Gasteiger charge is 2.25. The molecule has 0 unspecified atom stereocenters. The molecule has 120 valence electrons. The van der Waals surface area contributed by atoms with Gasteiger partial charge < -0.3 is 4.74 Å². The van der Waals surface area contributed by atoms with Crippen LogP contribution in [0.25, 0.3) is 22.6 Å². The fraction of sp³-hybridized carbons (Fsp3) is 0.211. The minimum absolute atomic E-state index is 0.325. The van der Waals surface area contributed by atoms with E-state index in [0.29, 0.717) is 12.0 Å². The molecule has 0 bridgehead atoms. The number of methoxy groups -OCH3 is 1. The van der Waals surface area contributed by atoms with Crippen LogP contribution in [0.4, 0.5) is 0 Å².